The zero-order valence-corrected chi connectivity index (χ0v) is 16.6. The minimum Gasteiger partial charge on any atom is -0.486 e. The summed E-state index contributed by atoms with van der Waals surface area (Å²) >= 11 is 1.44. The highest BCUT2D eigenvalue weighted by Gasteiger charge is 2.29. The number of ether oxygens (including phenoxy) is 3. The van der Waals surface area contributed by atoms with Crippen LogP contribution in [0.2, 0.25) is 0 Å². The van der Waals surface area contributed by atoms with E-state index in [2.05, 4.69) is 4.72 Å². The molecule has 1 aromatic rings. The van der Waals surface area contributed by atoms with Gasteiger partial charge in [0.1, 0.15) is 19.3 Å². The van der Waals surface area contributed by atoms with Crippen molar-refractivity contribution in [2.45, 2.75) is 30.4 Å². The van der Waals surface area contributed by atoms with E-state index < -0.39 is 34.0 Å². The maximum atomic E-state index is 12.7. The molecule has 0 bridgehead atoms. The van der Waals surface area contributed by atoms with Crippen LogP contribution in [0.3, 0.4) is 0 Å². The maximum absolute atomic E-state index is 12.7. The van der Waals surface area contributed by atoms with Crippen LogP contribution < -0.4 is 19.9 Å². The van der Waals surface area contributed by atoms with Gasteiger partial charge in [0, 0.05) is 6.07 Å². The fourth-order valence-corrected chi connectivity index (χ4v) is 3.93. The van der Waals surface area contributed by atoms with E-state index in [0.29, 0.717) is 30.5 Å². The number of rotatable bonds is 9. The molecule has 0 aliphatic carbocycles. The molecule has 1 heterocycles. The van der Waals surface area contributed by atoms with E-state index in [1.807, 2.05) is 6.26 Å². The number of hydrogen-bond donors (Lipinski definition) is 2. The topological polar surface area (TPSA) is 134 Å². The molecule has 0 spiro atoms. The molecule has 9 nitrogen and oxygen atoms in total. The minimum absolute atomic E-state index is 0.0725. The van der Waals surface area contributed by atoms with Crippen LogP contribution in [0.5, 0.6) is 11.5 Å². The molecular formula is C16H22N2O7S2. The average molecular weight is 418 g/mol. The van der Waals surface area contributed by atoms with E-state index in [4.69, 9.17) is 19.9 Å². The van der Waals surface area contributed by atoms with Gasteiger partial charge in [0.15, 0.2) is 17.6 Å². The lowest BCUT2D eigenvalue weighted by molar-refractivity contribution is -0.155. The Morgan fingerprint density at radius 1 is 1.30 bits per heavy atom. The summed E-state index contributed by atoms with van der Waals surface area (Å²) in [5.74, 6) is -0.407. The molecular weight excluding hydrogens is 396 g/mol. The van der Waals surface area contributed by atoms with Crippen molar-refractivity contribution >= 4 is 33.7 Å². The molecule has 2 atom stereocenters. The number of nitrogens with two attached hydrogens (primary N) is 1. The van der Waals surface area contributed by atoms with E-state index >= 15 is 0 Å². The highest BCUT2D eigenvalue weighted by Crippen LogP contribution is 2.32. The third-order valence-corrected chi connectivity index (χ3v) is 5.82. The monoisotopic (exact) mass is 418 g/mol. The number of fused-ring (bicyclic) bond motifs is 1. The molecule has 0 saturated heterocycles. The first-order valence-corrected chi connectivity index (χ1v) is 11.0. The Balaban J connectivity index is 2.19. The number of hydrogen-bond acceptors (Lipinski definition) is 8. The molecule has 0 saturated carbocycles. The molecule has 1 aliphatic heterocycles. The second kappa shape index (κ2) is 9.29. The summed E-state index contributed by atoms with van der Waals surface area (Å²) in [6.07, 6.45) is 0.854. The van der Waals surface area contributed by atoms with E-state index in [1.165, 1.54) is 36.9 Å². The second-order valence-corrected chi connectivity index (χ2v) is 8.44. The van der Waals surface area contributed by atoms with Crippen molar-refractivity contribution in [1.29, 1.82) is 0 Å². The molecule has 0 radical (unpaired) electrons. The first-order chi connectivity index (χ1) is 12.7. The highest BCUT2D eigenvalue weighted by atomic mass is 32.2. The quantitative estimate of drug-likeness (QED) is 0.546. The van der Waals surface area contributed by atoms with Gasteiger partial charge in [0.25, 0.3) is 5.91 Å². The number of thioether (sulfide) groups is 1. The van der Waals surface area contributed by atoms with Gasteiger partial charge in [-0.25, -0.2) is 8.42 Å². The first kappa shape index (κ1) is 21.3. The third kappa shape index (κ3) is 5.75. The second-order valence-electron chi connectivity index (χ2n) is 5.74. The number of carbonyl (C=O) groups excluding carboxylic acids is 2. The Hall–Kier alpha value is -1.98. The molecule has 1 aromatic carbocycles. The van der Waals surface area contributed by atoms with Crippen LogP contribution in [-0.4, -0.2) is 57.7 Å². The van der Waals surface area contributed by atoms with Crippen molar-refractivity contribution in [1.82, 2.24) is 4.72 Å². The Bertz CT molecular complexity index is 798. The SMILES string of the molecule is CSCC[C@H](NS(=O)(=O)c1ccc2c(c1)OCCO2)C(=O)O[C@@H](C)C(N)=O. The van der Waals surface area contributed by atoms with Crippen molar-refractivity contribution in [3.05, 3.63) is 18.2 Å². The average Bonchev–Trinajstić information content (AvgIpc) is 2.64. The van der Waals surface area contributed by atoms with Gasteiger partial charge in [0.05, 0.1) is 4.90 Å². The van der Waals surface area contributed by atoms with Crippen LogP contribution in [0.25, 0.3) is 0 Å². The highest BCUT2D eigenvalue weighted by molar-refractivity contribution is 7.98. The Labute approximate surface area is 162 Å². The fraction of sp³-hybridized carbons (Fsp3) is 0.500. The van der Waals surface area contributed by atoms with Crippen molar-refractivity contribution in [2.24, 2.45) is 5.73 Å². The van der Waals surface area contributed by atoms with E-state index in [-0.39, 0.29) is 11.3 Å². The Kier molecular flexibility index (Phi) is 7.33. The van der Waals surface area contributed by atoms with E-state index in [1.54, 1.807) is 0 Å². The van der Waals surface area contributed by atoms with Crippen molar-refractivity contribution < 1.29 is 32.2 Å². The smallest absolute Gasteiger partial charge is 0.324 e. The molecule has 0 fully saturated rings. The van der Waals surface area contributed by atoms with Crippen molar-refractivity contribution in [2.75, 3.05) is 25.2 Å². The Morgan fingerprint density at radius 3 is 2.59 bits per heavy atom. The lowest BCUT2D eigenvalue weighted by Gasteiger charge is -2.21. The van der Waals surface area contributed by atoms with Gasteiger partial charge in [-0.2, -0.15) is 16.5 Å². The van der Waals surface area contributed by atoms with Gasteiger partial charge >= 0.3 is 5.97 Å². The standard InChI is InChI=1S/C16H22N2O7S2/c1-10(15(17)19)25-16(20)12(5-8-26-2)18-27(21,22)11-3-4-13-14(9-11)24-7-6-23-13/h3-4,9-10,12,18H,5-8H2,1-2H3,(H2,17,19)/t10-,12-/m0/s1. The summed E-state index contributed by atoms with van der Waals surface area (Å²) in [4.78, 5) is 23.3. The van der Waals surface area contributed by atoms with Crippen molar-refractivity contribution in [3.8, 4) is 11.5 Å². The fourth-order valence-electron chi connectivity index (χ4n) is 2.22. The number of nitrogens with one attached hydrogen (secondary N) is 1. The molecule has 0 unspecified atom stereocenters. The summed E-state index contributed by atoms with van der Waals surface area (Å²) in [7, 11) is -4.04. The number of carbonyl (C=O) groups is 2. The van der Waals surface area contributed by atoms with Crippen LogP contribution in [-0.2, 0) is 24.3 Å². The zero-order chi connectivity index (χ0) is 20.0. The predicted octanol–water partition coefficient (Wildman–Crippen LogP) is 0.275. The molecule has 1 aliphatic rings. The van der Waals surface area contributed by atoms with Gasteiger partial charge in [-0.3, -0.25) is 9.59 Å². The minimum atomic E-state index is -4.04. The normalized spacial score (nSPS) is 15.6. The predicted molar refractivity (Wildman–Crippen MR) is 99.3 cm³/mol. The lowest BCUT2D eigenvalue weighted by Crippen LogP contribution is -2.44. The third-order valence-electron chi connectivity index (χ3n) is 3.71. The molecule has 11 heteroatoms. The summed E-state index contributed by atoms with van der Waals surface area (Å²) in [5.41, 5.74) is 5.08. The number of sulfonamides is 1. The van der Waals surface area contributed by atoms with E-state index in [9.17, 15) is 18.0 Å². The Morgan fingerprint density at radius 2 is 1.96 bits per heavy atom. The summed E-state index contributed by atoms with van der Waals surface area (Å²) in [5, 5.41) is 0. The largest absolute Gasteiger partial charge is 0.486 e. The molecule has 0 aromatic heterocycles. The van der Waals surface area contributed by atoms with Crippen LogP contribution in [0.1, 0.15) is 13.3 Å². The molecule has 150 valence electrons. The maximum Gasteiger partial charge on any atom is 0.324 e. The summed E-state index contributed by atoms with van der Waals surface area (Å²) in [6.45, 7) is 2.02. The number of primary amides is 1. The van der Waals surface area contributed by atoms with Crippen LogP contribution >= 0.6 is 11.8 Å². The van der Waals surface area contributed by atoms with Gasteiger partial charge in [0.2, 0.25) is 10.0 Å². The molecule has 1 amide bonds. The number of benzene rings is 1. The summed E-state index contributed by atoms with van der Waals surface area (Å²) < 4.78 is 43.4. The molecule has 3 N–H and O–H groups in total. The lowest BCUT2D eigenvalue weighted by atomic mass is 10.2. The molecule has 27 heavy (non-hydrogen) atoms. The number of esters is 1. The van der Waals surface area contributed by atoms with Crippen molar-refractivity contribution in [3.63, 3.8) is 0 Å². The molecule has 2 rings (SSSR count). The van der Waals surface area contributed by atoms with Crippen LogP contribution in [0.15, 0.2) is 23.1 Å². The first-order valence-electron chi connectivity index (χ1n) is 8.15. The van der Waals surface area contributed by atoms with Crippen LogP contribution in [0.4, 0.5) is 0 Å². The number of amides is 1. The van der Waals surface area contributed by atoms with Gasteiger partial charge < -0.3 is 19.9 Å². The zero-order valence-electron chi connectivity index (χ0n) is 15.0. The van der Waals surface area contributed by atoms with Gasteiger partial charge in [-0.05, 0) is 37.5 Å². The van der Waals surface area contributed by atoms with Gasteiger partial charge in [-0.1, -0.05) is 0 Å². The summed E-state index contributed by atoms with van der Waals surface area (Å²) in [6, 6.07) is 3.03. The van der Waals surface area contributed by atoms with E-state index in [0.717, 1.165) is 0 Å². The van der Waals surface area contributed by atoms with Crippen LogP contribution in [0, 0.1) is 0 Å². The van der Waals surface area contributed by atoms with Gasteiger partial charge in [-0.15, -0.1) is 0 Å².